The number of hydrogen-bond donors (Lipinski definition) is 1. The van der Waals surface area contributed by atoms with E-state index in [1.54, 1.807) is 36.4 Å². The summed E-state index contributed by atoms with van der Waals surface area (Å²) in [6.07, 6.45) is 6.83. The molecule has 6 nitrogen and oxygen atoms in total. The molecule has 3 rings (SSSR count). The maximum atomic E-state index is 12.3. The van der Waals surface area contributed by atoms with Gasteiger partial charge in [0.25, 0.3) is 0 Å². The van der Waals surface area contributed by atoms with Crippen molar-refractivity contribution in [2.24, 2.45) is 0 Å². The van der Waals surface area contributed by atoms with E-state index in [0.717, 1.165) is 60.9 Å². The second-order valence-electron chi connectivity index (χ2n) is 10.7. The van der Waals surface area contributed by atoms with Crippen LogP contribution in [0.2, 0.25) is 10.0 Å². The van der Waals surface area contributed by atoms with Crippen LogP contribution in [-0.2, 0) is 11.2 Å². The van der Waals surface area contributed by atoms with Crippen LogP contribution in [0.25, 0.3) is 0 Å². The summed E-state index contributed by atoms with van der Waals surface area (Å²) in [6.45, 7) is 1.35. The van der Waals surface area contributed by atoms with Gasteiger partial charge in [0.1, 0.15) is 17.2 Å². The second-order valence-corrected chi connectivity index (χ2v) is 11.5. The molecule has 0 spiro atoms. The van der Waals surface area contributed by atoms with Gasteiger partial charge in [-0.2, -0.15) is 0 Å². The first-order valence-corrected chi connectivity index (χ1v) is 14.4. The number of carbonyl (C=O) groups is 2. The third-order valence-corrected chi connectivity index (χ3v) is 6.98. The molecule has 0 bridgehead atoms. The van der Waals surface area contributed by atoms with Crippen LogP contribution >= 0.6 is 23.2 Å². The molecule has 0 fully saturated rings. The van der Waals surface area contributed by atoms with Crippen LogP contribution in [0.15, 0.2) is 66.7 Å². The summed E-state index contributed by atoms with van der Waals surface area (Å²) < 4.78 is 11.9. The van der Waals surface area contributed by atoms with Crippen molar-refractivity contribution in [2.45, 2.75) is 44.9 Å². The van der Waals surface area contributed by atoms with E-state index in [2.05, 4.69) is 38.6 Å². The Labute approximate surface area is 247 Å². The number of halogens is 2. The van der Waals surface area contributed by atoms with Gasteiger partial charge in [0, 0.05) is 11.6 Å². The van der Waals surface area contributed by atoms with Crippen molar-refractivity contribution < 1.29 is 19.1 Å². The van der Waals surface area contributed by atoms with Gasteiger partial charge >= 0.3 is 5.97 Å². The minimum absolute atomic E-state index is 0.0758. The minimum Gasteiger partial charge on any atom is -0.494 e. The van der Waals surface area contributed by atoms with E-state index in [1.807, 2.05) is 12.1 Å². The third kappa shape index (κ3) is 10.8. The Morgan fingerprint density at radius 2 is 1.40 bits per heavy atom. The van der Waals surface area contributed by atoms with Crippen LogP contribution in [0.3, 0.4) is 0 Å². The van der Waals surface area contributed by atoms with Crippen LogP contribution in [0.4, 0.5) is 5.69 Å². The van der Waals surface area contributed by atoms with Gasteiger partial charge in [-0.3, -0.25) is 9.28 Å². The number of hydrogen-bond acceptors (Lipinski definition) is 4. The molecule has 1 amide bonds. The number of quaternary nitrogens is 1. The average Bonchev–Trinajstić information content (AvgIpc) is 2.91. The van der Waals surface area contributed by atoms with E-state index in [4.69, 9.17) is 32.7 Å². The highest BCUT2D eigenvalue weighted by Crippen LogP contribution is 2.24. The summed E-state index contributed by atoms with van der Waals surface area (Å²) in [5.74, 6) is 0.635. The fourth-order valence-corrected chi connectivity index (χ4v) is 4.45. The Morgan fingerprint density at radius 3 is 2.08 bits per heavy atom. The molecule has 0 saturated carbocycles. The quantitative estimate of drug-likeness (QED) is 0.0868. The summed E-state index contributed by atoms with van der Waals surface area (Å²) in [4.78, 5) is 24.6. The van der Waals surface area contributed by atoms with Gasteiger partial charge in [-0.05, 0) is 73.0 Å². The Kier molecular flexibility index (Phi) is 12.3. The Hall–Kier alpha value is -3.06. The first-order chi connectivity index (χ1) is 19.1. The number of carbonyl (C=O) groups excluding carboxylic acids is 2. The van der Waals surface area contributed by atoms with Crippen LogP contribution < -0.4 is 19.3 Å². The number of amides is 1. The maximum Gasteiger partial charge on any atom is 0.345 e. The van der Waals surface area contributed by atoms with Crippen molar-refractivity contribution in [1.82, 2.24) is 9.80 Å². The van der Waals surface area contributed by atoms with Crippen LogP contribution in [-0.4, -0.2) is 46.2 Å². The lowest BCUT2D eigenvalue weighted by Gasteiger charge is -2.23. The summed E-state index contributed by atoms with van der Waals surface area (Å²) in [7, 11) is 6.38. The molecule has 214 valence electrons. The zero-order valence-corrected chi connectivity index (χ0v) is 25.1. The fourth-order valence-electron chi connectivity index (χ4n) is 4.08. The molecule has 40 heavy (non-hydrogen) atoms. The molecule has 0 aromatic heterocycles. The van der Waals surface area contributed by atoms with E-state index < -0.39 is 5.97 Å². The van der Waals surface area contributed by atoms with E-state index >= 15 is 0 Å². The van der Waals surface area contributed by atoms with E-state index in [0.29, 0.717) is 23.8 Å². The number of esters is 1. The van der Waals surface area contributed by atoms with Gasteiger partial charge in [-0.1, -0.05) is 61.0 Å². The van der Waals surface area contributed by atoms with Gasteiger partial charge in [-0.25, -0.2) is 4.79 Å². The number of unbranched alkanes of at least 4 members (excludes halogenated alkanes) is 5. The van der Waals surface area contributed by atoms with Crippen LogP contribution in [0.5, 0.6) is 11.5 Å². The third-order valence-electron chi connectivity index (χ3n) is 6.42. The summed E-state index contributed by atoms with van der Waals surface area (Å²) in [6, 6.07) is 19.8. The maximum absolute atomic E-state index is 12.3. The predicted molar refractivity (Wildman–Crippen MR) is 164 cm³/mol. The topological polar surface area (TPSA) is 64.6 Å². The monoisotopic (exact) mass is 585 g/mol. The van der Waals surface area contributed by atoms with E-state index in [9.17, 15) is 9.59 Å². The highest BCUT2D eigenvalue weighted by molar-refractivity contribution is 6.35. The molecule has 3 aromatic rings. The van der Waals surface area contributed by atoms with Gasteiger partial charge < -0.3 is 14.8 Å². The van der Waals surface area contributed by atoms with Crippen molar-refractivity contribution in [3.63, 3.8) is 0 Å². The summed E-state index contributed by atoms with van der Waals surface area (Å²) in [5, 5.41) is 3.73. The molecular weight excluding hydrogens is 547 g/mol. The summed E-state index contributed by atoms with van der Waals surface area (Å²) in [5.41, 5.74) is 2.47. The zero-order valence-electron chi connectivity index (χ0n) is 23.6. The standard InChI is InChI=1S/C32H38Cl2N2O4/c1-36(2,3)26-13-10-24(11-14-26)22-31(37)35-20-8-6-4-5-7-9-21-39-27-15-17-28(18-16-27)40-32(38)29-23-25(33)12-19-30(29)34/h10-19,23H,4-9,20-22H2,1-3H3/p+1. The lowest BCUT2D eigenvalue weighted by Crippen LogP contribution is -2.34. The SMILES string of the molecule is C[N+](C)(C)c1ccc(CC(=O)NCCCCCCCCOc2ccc(OC(=O)c3cc(Cl)ccc3Cl)cc2)cc1. The number of benzene rings is 3. The number of nitrogens with zero attached hydrogens (tertiary/aromatic N) is 1. The van der Waals surface area contributed by atoms with Crippen molar-refractivity contribution in [1.29, 1.82) is 0 Å². The highest BCUT2D eigenvalue weighted by Gasteiger charge is 2.14. The Balaban J connectivity index is 1.21. The van der Waals surface area contributed by atoms with Gasteiger partial charge in [-0.15, -0.1) is 0 Å². The molecule has 0 aliphatic heterocycles. The average molecular weight is 587 g/mol. The van der Waals surface area contributed by atoms with Gasteiger partial charge in [0.05, 0.1) is 44.8 Å². The molecular formula is C32H39Cl2N2O4+. The zero-order chi connectivity index (χ0) is 29.0. The van der Waals surface area contributed by atoms with Crippen LogP contribution in [0.1, 0.15) is 54.4 Å². The van der Waals surface area contributed by atoms with Crippen molar-refractivity contribution in [3.05, 3.63) is 87.9 Å². The molecule has 0 aliphatic carbocycles. The lowest BCUT2D eigenvalue weighted by molar-refractivity contribution is -0.120. The van der Waals surface area contributed by atoms with Gasteiger partial charge in [0.15, 0.2) is 0 Å². The number of ether oxygens (including phenoxy) is 2. The first kappa shape index (κ1) is 31.5. The molecule has 3 aromatic carbocycles. The van der Waals surface area contributed by atoms with Crippen molar-refractivity contribution in [2.75, 3.05) is 34.3 Å². The molecule has 0 aliphatic rings. The van der Waals surface area contributed by atoms with Gasteiger partial charge in [0.2, 0.25) is 5.91 Å². The van der Waals surface area contributed by atoms with E-state index in [-0.39, 0.29) is 16.5 Å². The Bertz CT molecular complexity index is 1240. The molecule has 0 unspecified atom stereocenters. The normalized spacial score (nSPS) is 11.2. The highest BCUT2D eigenvalue weighted by atomic mass is 35.5. The number of rotatable bonds is 15. The molecule has 8 heteroatoms. The van der Waals surface area contributed by atoms with Crippen molar-refractivity contribution >= 4 is 40.8 Å². The largest absolute Gasteiger partial charge is 0.494 e. The molecule has 0 radical (unpaired) electrons. The molecule has 1 N–H and O–H groups in total. The molecule has 0 saturated heterocycles. The van der Waals surface area contributed by atoms with Crippen LogP contribution in [0, 0.1) is 0 Å². The Morgan fingerprint density at radius 1 is 0.775 bits per heavy atom. The van der Waals surface area contributed by atoms with Crippen molar-refractivity contribution in [3.8, 4) is 11.5 Å². The minimum atomic E-state index is -0.565. The van der Waals surface area contributed by atoms with E-state index in [1.165, 1.54) is 11.8 Å². The fraction of sp³-hybridized carbons (Fsp3) is 0.375. The smallest absolute Gasteiger partial charge is 0.345 e. The first-order valence-electron chi connectivity index (χ1n) is 13.7. The number of nitrogens with one attached hydrogen (secondary N) is 1. The molecule has 0 atom stereocenters. The molecule has 0 heterocycles. The second kappa shape index (κ2) is 15.7. The lowest BCUT2D eigenvalue weighted by atomic mass is 10.1. The predicted octanol–water partition coefficient (Wildman–Crippen LogP) is 7.49. The summed E-state index contributed by atoms with van der Waals surface area (Å²) >= 11 is 12.0.